The van der Waals surface area contributed by atoms with Crippen LogP contribution < -0.4 is 20.1 Å². The van der Waals surface area contributed by atoms with Gasteiger partial charge in [-0.2, -0.15) is 0 Å². The van der Waals surface area contributed by atoms with Crippen molar-refractivity contribution in [3.63, 3.8) is 0 Å². The fourth-order valence-corrected chi connectivity index (χ4v) is 4.59. The van der Waals surface area contributed by atoms with Crippen LogP contribution in [-0.2, 0) is 16.2 Å². The molecule has 0 spiro atoms. The van der Waals surface area contributed by atoms with E-state index >= 15 is 0 Å². The number of carbonyl (C=O) groups is 3. The first-order valence-electron chi connectivity index (χ1n) is 11.5. The largest absolute Gasteiger partial charge is 0.490 e. The highest BCUT2D eigenvalue weighted by molar-refractivity contribution is 14.1. The third-order valence-corrected chi connectivity index (χ3v) is 6.55. The van der Waals surface area contributed by atoms with Crippen LogP contribution in [0.2, 0.25) is 5.02 Å². The van der Waals surface area contributed by atoms with Gasteiger partial charge >= 0.3 is 6.03 Å². The molecule has 1 fully saturated rings. The van der Waals surface area contributed by atoms with Crippen LogP contribution in [0.25, 0.3) is 6.08 Å². The Labute approximate surface area is 236 Å². The molecule has 0 atom stereocenters. The zero-order valence-electron chi connectivity index (χ0n) is 20.1. The van der Waals surface area contributed by atoms with Gasteiger partial charge in [0.1, 0.15) is 24.7 Å². The van der Waals surface area contributed by atoms with Gasteiger partial charge in [0.15, 0.2) is 11.5 Å². The van der Waals surface area contributed by atoms with Crippen LogP contribution in [0, 0.1) is 9.39 Å². The van der Waals surface area contributed by atoms with Crippen LogP contribution in [0.4, 0.5) is 14.9 Å². The molecule has 4 amide bonds. The maximum Gasteiger partial charge on any atom is 0.329 e. The van der Waals surface area contributed by atoms with Crippen LogP contribution in [0.15, 0.2) is 66.4 Å². The van der Waals surface area contributed by atoms with E-state index in [1.807, 2.05) is 25.1 Å². The smallest absolute Gasteiger partial charge is 0.329 e. The summed E-state index contributed by atoms with van der Waals surface area (Å²) in [6, 6.07) is 15.7. The van der Waals surface area contributed by atoms with E-state index in [4.69, 9.17) is 21.1 Å². The summed E-state index contributed by atoms with van der Waals surface area (Å²) in [5.41, 5.74) is 1.33. The molecule has 0 aliphatic carbocycles. The molecular formula is C27H22ClFIN3O5. The van der Waals surface area contributed by atoms with Gasteiger partial charge in [-0.1, -0.05) is 41.9 Å². The molecule has 0 aromatic heterocycles. The highest BCUT2D eigenvalue weighted by Crippen LogP contribution is 2.36. The molecule has 1 aliphatic rings. The maximum absolute atomic E-state index is 13.8. The fraction of sp³-hybridized carbons (Fsp3) is 0.148. The van der Waals surface area contributed by atoms with Crippen LogP contribution in [-0.4, -0.2) is 35.9 Å². The highest BCUT2D eigenvalue weighted by Gasteiger charge is 2.35. The zero-order chi connectivity index (χ0) is 27.2. The Morgan fingerprint density at radius 2 is 1.87 bits per heavy atom. The van der Waals surface area contributed by atoms with Crippen molar-refractivity contribution in [1.82, 2.24) is 10.2 Å². The van der Waals surface area contributed by atoms with Gasteiger partial charge < -0.3 is 20.1 Å². The number of rotatable bonds is 9. The first-order chi connectivity index (χ1) is 18.3. The van der Waals surface area contributed by atoms with E-state index in [9.17, 15) is 18.8 Å². The zero-order valence-corrected chi connectivity index (χ0v) is 23.0. The summed E-state index contributed by atoms with van der Waals surface area (Å²) in [5.74, 6) is -1.06. The second-order valence-corrected chi connectivity index (χ2v) is 9.62. The number of para-hydroxylation sites is 1. The lowest BCUT2D eigenvalue weighted by Gasteiger charge is -2.15. The third kappa shape index (κ3) is 6.43. The number of imide groups is 1. The van der Waals surface area contributed by atoms with Crippen molar-refractivity contribution in [2.75, 3.05) is 18.5 Å². The SMILES string of the molecule is CCOc1cc(/C=C2/NC(=O)N(CC(=O)Nc3ccccc3F)C2=O)cc(I)c1OCc1ccccc1Cl. The molecule has 8 nitrogen and oxygen atoms in total. The lowest BCUT2D eigenvalue weighted by molar-refractivity contribution is -0.127. The first-order valence-corrected chi connectivity index (χ1v) is 12.9. The Morgan fingerprint density at radius 1 is 1.13 bits per heavy atom. The van der Waals surface area contributed by atoms with Crippen LogP contribution in [0.3, 0.4) is 0 Å². The summed E-state index contributed by atoms with van der Waals surface area (Å²) in [4.78, 5) is 38.4. The average Bonchev–Trinajstić information content (AvgIpc) is 3.13. The minimum absolute atomic E-state index is 0.0170. The number of carbonyl (C=O) groups excluding carboxylic acids is 3. The van der Waals surface area contributed by atoms with Crippen LogP contribution in [0.5, 0.6) is 11.5 Å². The number of urea groups is 1. The summed E-state index contributed by atoms with van der Waals surface area (Å²) in [6.45, 7) is 1.86. The van der Waals surface area contributed by atoms with E-state index in [2.05, 4.69) is 33.2 Å². The van der Waals surface area contributed by atoms with Crippen molar-refractivity contribution in [1.29, 1.82) is 0 Å². The van der Waals surface area contributed by atoms with Crippen molar-refractivity contribution in [2.45, 2.75) is 13.5 Å². The molecule has 1 heterocycles. The average molecular weight is 650 g/mol. The van der Waals surface area contributed by atoms with E-state index in [1.54, 1.807) is 24.3 Å². The fourth-order valence-electron chi connectivity index (χ4n) is 3.62. The van der Waals surface area contributed by atoms with Crippen molar-refractivity contribution in [2.24, 2.45) is 0 Å². The Morgan fingerprint density at radius 3 is 2.61 bits per heavy atom. The second kappa shape index (κ2) is 12.3. The molecule has 196 valence electrons. The van der Waals surface area contributed by atoms with E-state index in [-0.39, 0.29) is 18.0 Å². The van der Waals surface area contributed by atoms with Crippen molar-refractivity contribution >= 4 is 63.8 Å². The molecule has 0 saturated carbocycles. The van der Waals surface area contributed by atoms with Crippen molar-refractivity contribution < 1.29 is 28.2 Å². The molecule has 4 rings (SSSR count). The Kier molecular flexibility index (Phi) is 8.85. The van der Waals surface area contributed by atoms with Gasteiger partial charge in [-0.05, 0) is 71.5 Å². The Bertz CT molecular complexity index is 1430. The van der Waals surface area contributed by atoms with E-state index in [1.165, 1.54) is 24.3 Å². The summed E-state index contributed by atoms with van der Waals surface area (Å²) in [7, 11) is 0. The number of hydrogen-bond donors (Lipinski definition) is 2. The first kappa shape index (κ1) is 27.4. The van der Waals surface area contributed by atoms with Gasteiger partial charge in [-0.25, -0.2) is 14.1 Å². The minimum atomic E-state index is -0.760. The van der Waals surface area contributed by atoms with Crippen molar-refractivity contribution in [3.8, 4) is 11.5 Å². The Balaban J connectivity index is 1.50. The number of halogens is 3. The number of anilines is 1. The predicted molar refractivity (Wildman–Crippen MR) is 149 cm³/mol. The van der Waals surface area contributed by atoms with Gasteiger partial charge in [0.25, 0.3) is 5.91 Å². The van der Waals surface area contributed by atoms with Gasteiger partial charge in [-0.3, -0.25) is 9.59 Å². The molecule has 1 aliphatic heterocycles. The molecule has 0 unspecified atom stereocenters. The summed E-state index contributed by atoms with van der Waals surface area (Å²) < 4.78 is 26.3. The molecule has 1 saturated heterocycles. The monoisotopic (exact) mass is 649 g/mol. The molecule has 3 aromatic rings. The number of nitrogens with zero attached hydrogens (tertiary/aromatic N) is 1. The highest BCUT2D eigenvalue weighted by atomic mass is 127. The minimum Gasteiger partial charge on any atom is -0.490 e. The van der Waals surface area contributed by atoms with E-state index < -0.39 is 30.2 Å². The molecule has 3 aromatic carbocycles. The van der Waals surface area contributed by atoms with Crippen molar-refractivity contribution in [3.05, 3.63) is 91.9 Å². The Hall–Kier alpha value is -3.64. The number of ether oxygens (including phenoxy) is 2. The molecule has 11 heteroatoms. The number of amides is 4. The lowest BCUT2D eigenvalue weighted by atomic mass is 10.1. The normalized spacial score (nSPS) is 14.0. The van der Waals surface area contributed by atoms with Crippen LogP contribution >= 0.6 is 34.2 Å². The summed E-state index contributed by atoms with van der Waals surface area (Å²) in [6.07, 6.45) is 1.48. The number of nitrogens with one attached hydrogen (secondary N) is 2. The number of hydrogen-bond acceptors (Lipinski definition) is 5. The van der Waals surface area contributed by atoms with E-state index in [0.717, 1.165) is 10.5 Å². The maximum atomic E-state index is 13.8. The molecule has 0 radical (unpaired) electrons. The number of benzene rings is 3. The molecular weight excluding hydrogens is 628 g/mol. The topological polar surface area (TPSA) is 97.0 Å². The molecule has 2 N–H and O–H groups in total. The lowest BCUT2D eigenvalue weighted by Crippen LogP contribution is -2.38. The standard InChI is InChI=1S/C27H22ClFIN3O5/c1-2-37-23-13-16(11-20(30)25(23)38-15-17-7-3-4-8-18(17)28)12-22-26(35)33(27(36)32-22)14-24(34)31-21-10-6-5-9-19(21)29/h3-13H,2,14-15H2,1H3,(H,31,34)(H,32,36)/b22-12+. The summed E-state index contributed by atoms with van der Waals surface area (Å²) in [5, 5.41) is 5.42. The molecule has 38 heavy (non-hydrogen) atoms. The van der Waals surface area contributed by atoms with E-state index in [0.29, 0.717) is 32.3 Å². The van der Waals surface area contributed by atoms with Gasteiger partial charge in [0.05, 0.1) is 15.9 Å². The second-order valence-electron chi connectivity index (χ2n) is 8.05. The molecule has 0 bridgehead atoms. The quantitative estimate of drug-likeness (QED) is 0.179. The van der Waals surface area contributed by atoms with Gasteiger partial charge in [0.2, 0.25) is 5.91 Å². The van der Waals surface area contributed by atoms with Gasteiger partial charge in [-0.15, -0.1) is 0 Å². The predicted octanol–water partition coefficient (Wildman–Crippen LogP) is 5.59. The van der Waals surface area contributed by atoms with Crippen LogP contribution in [0.1, 0.15) is 18.1 Å². The summed E-state index contributed by atoms with van der Waals surface area (Å²) >= 11 is 8.33. The van der Waals surface area contributed by atoms with Gasteiger partial charge in [0, 0.05) is 10.6 Å². The third-order valence-electron chi connectivity index (χ3n) is 5.38.